The molecule has 1 heterocycles. The predicted octanol–water partition coefficient (Wildman–Crippen LogP) is 3.84. The third-order valence-electron chi connectivity index (χ3n) is 5.48. The van der Waals surface area contributed by atoms with Gasteiger partial charge in [-0.2, -0.15) is 13.8 Å². The number of ether oxygens (including phenoxy) is 1. The van der Waals surface area contributed by atoms with Crippen molar-refractivity contribution in [2.45, 2.75) is 38.8 Å². The Labute approximate surface area is 180 Å². The summed E-state index contributed by atoms with van der Waals surface area (Å²) in [5.74, 6) is 2.28. The van der Waals surface area contributed by atoms with Crippen molar-refractivity contribution < 1.29 is 18.4 Å². The van der Waals surface area contributed by atoms with Crippen LogP contribution in [0.15, 0.2) is 30.5 Å². The molecule has 0 amide bonds. The topological polar surface area (TPSA) is 106 Å². The second-order valence-corrected chi connectivity index (χ2v) is 7.61. The Morgan fingerprint density at radius 2 is 1.87 bits per heavy atom. The van der Waals surface area contributed by atoms with Crippen molar-refractivity contribution in [2.24, 2.45) is 17.6 Å². The third kappa shape index (κ3) is 6.90. The SMILES string of the molecule is CONc1cnc(NCc2ccccc2OC(F)F)nc1NCC1CCC(CN)CC1. The Balaban J connectivity index is 1.63. The van der Waals surface area contributed by atoms with Gasteiger partial charge in [0.2, 0.25) is 5.95 Å². The molecule has 1 aliphatic carbocycles. The first-order chi connectivity index (χ1) is 15.1. The fraction of sp³-hybridized carbons (Fsp3) is 0.524. The van der Waals surface area contributed by atoms with E-state index >= 15 is 0 Å². The lowest BCUT2D eigenvalue weighted by molar-refractivity contribution is -0.0504. The molecule has 1 aromatic heterocycles. The van der Waals surface area contributed by atoms with Crippen LogP contribution in [-0.4, -0.2) is 36.8 Å². The van der Waals surface area contributed by atoms with Gasteiger partial charge in [-0.25, -0.2) is 4.98 Å². The number of nitrogens with zero attached hydrogens (tertiary/aromatic N) is 2. The van der Waals surface area contributed by atoms with Gasteiger partial charge in [-0.1, -0.05) is 18.2 Å². The largest absolute Gasteiger partial charge is 0.434 e. The van der Waals surface area contributed by atoms with Gasteiger partial charge in [-0.3, -0.25) is 10.3 Å². The average molecular weight is 437 g/mol. The van der Waals surface area contributed by atoms with Crippen LogP contribution in [0.25, 0.3) is 0 Å². The van der Waals surface area contributed by atoms with Crippen molar-refractivity contribution in [3.63, 3.8) is 0 Å². The number of rotatable bonds is 11. The Hall–Kier alpha value is -2.72. The molecule has 0 spiro atoms. The van der Waals surface area contributed by atoms with E-state index in [-0.39, 0.29) is 12.3 Å². The maximum atomic E-state index is 12.6. The van der Waals surface area contributed by atoms with E-state index in [2.05, 4.69) is 30.8 Å². The van der Waals surface area contributed by atoms with E-state index in [0.717, 1.165) is 38.8 Å². The van der Waals surface area contributed by atoms with Crippen LogP contribution in [0.3, 0.4) is 0 Å². The van der Waals surface area contributed by atoms with Crippen molar-refractivity contribution in [1.82, 2.24) is 9.97 Å². The Bertz CT molecular complexity index is 818. The van der Waals surface area contributed by atoms with Crippen LogP contribution >= 0.6 is 0 Å². The van der Waals surface area contributed by atoms with Gasteiger partial charge in [0.05, 0.1) is 13.3 Å². The van der Waals surface area contributed by atoms with Gasteiger partial charge in [0.15, 0.2) is 5.82 Å². The number of nitrogens with one attached hydrogen (secondary N) is 3. The van der Waals surface area contributed by atoms with E-state index in [1.165, 1.54) is 13.2 Å². The first-order valence-corrected chi connectivity index (χ1v) is 10.5. The summed E-state index contributed by atoms with van der Waals surface area (Å²) >= 11 is 0. The van der Waals surface area contributed by atoms with Crippen LogP contribution in [-0.2, 0) is 11.4 Å². The van der Waals surface area contributed by atoms with Crippen LogP contribution in [0.2, 0.25) is 0 Å². The summed E-state index contributed by atoms with van der Waals surface area (Å²) in [6.07, 6.45) is 6.19. The first kappa shape index (κ1) is 23.0. The molecule has 0 radical (unpaired) electrons. The minimum atomic E-state index is -2.88. The van der Waals surface area contributed by atoms with Crippen molar-refractivity contribution in [2.75, 3.05) is 36.3 Å². The quantitative estimate of drug-likeness (QED) is 0.394. The molecule has 8 nitrogen and oxygen atoms in total. The van der Waals surface area contributed by atoms with Gasteiger partial charge < -0.3 is 21.1 Å². The van der Waals surface area contributed by atoms with Crippen LogP contribution in [0.5, 0.6) is 5.75 Å². The monoisotopic (exact) mass is 436 g/mol. The summed E-state index contributed by atoms with van der Waals surface area (Å²) in [7, 11) is 1.52. The molecule has 0 atom stereocenters. The van der Waals surface area contributed by atoms with Gasteiger partial charge in [0.25, 0.3) is 0 Å². The zero-order chi connectivity index (χ0) is 22.1. The van der Waals surface area contributed by atoms with E-state index in [1.807, 2.05) is 0 Å². The van der Waals surface area contributed by atoms with E-state index in [9.17, 15) is 8.78 Å². The molecule has 0 aliphatic heterocycles. The average Bonchev–Trinajstić information content (AvgIpc) is 2.78. The molecule has 1 fully saturated rings. The van der Waals surface area contributed by atoms with Crippen molar-refractivity contribution in [1.29, 1.82) is 0 Å². The molecule has 1 saturated carbocycles. The Morgan fingerprint density at radius 3 is 2.58 bits per heavy atom. The minimum Gasteiger partial charge on any atom is -0.434 e. The number of hydrogen-bond acceptors (Lipinski definition) is 8. The second-order valence-electron chi connectivity index (χ2n) is 7.61. The lowest BCUT2D eigenvalue weighted by Gasteiger charge is -2.28. The number of benzene rings is 1. The van der Waals surface area contributed by atoms with Crippen molar-refractivity contribution >= 4 is 17.5 Å². The summed E-state index contributed by atoms with van der Waals surface area (Å²) in [5.41, 5.74) is 9.75. The minimum absolute atomic E-state index is 0.120. The number of alkyl halides is 2. The maximum Gasteiger partial charge on any atom is 0.387 e. The molecule has 2 aromatic rings. The fourth-order valence-corrected chi connectivity index (χ4v) is 3.73. The molecule has 3 rings (SSSR count). The van der Waals surface area contributed by atoms with Gasteiger partial charge in [-0.15, -0.1) is 0 Å². The predicted molar refractivity (Wildman–Crippen MR) is 116 cm³/mol. The highest BCUT2D eigenvalue weighted by Crippen LogP contribution is 2.29. The summed E-state index contributed by atoms with van der Waals surface area (Å²) in [6, 6.07) is 6.62. The highest BCUT2D eigenvalue weighted by Gasteiger charge is 2.20. The molecule has 10 heteroatoms. The Morgan fingerprint density at radius 1 is 1.13 bits per heavy atom. The first-order valence-electron chi connectivity index (χ1n) is 10.5. The summed E-state index contributed by atoms with van der Waals surface area (Å²) in [5, 5.41) is 6.45. The molecule has 170 valence electrons. The van der Waals surface area contributed by atoms with Crippen LogP contribution in [0.1, 0.15) is 31.2 Å². The van der Waals surface area contributed by atoms with Crippen molar-refractivity contribution in [3.05, 3.63) is 36.0 Å². The van der Waals surface area contributed by atoms with Gasteiger partial charge >= 0.3 is 6.61 Å². The smallest absolute Gasteiger partial charge is 0.387 e. The zero-order valence-electron chi connectivity index (χ0n) is 17.6. The molecule has 0 saturated heterocycles. The van der Waals surface area contributed by atoms with E-state index < -0.39 is 6.61 Å². The van der Waals surface area contributed by atoms with Crippen LogP contribution in [0.4, 0.5) is 26.2 Å². The molecule has 0 unspecified atom stereocenters. The summed E-state index contributed by atoms with van der Waals surface area (Å²) in [4.78, 5) is 13.8. The highest BCUT2D eigenvalue weighted by molar-refractivity contribution is 5.63. The van der Waals surface area contributed by atoms with Crippen LogP contribution < -0.4 is 26.6 Å². The highest BCUT2D eigenvalue weighted by atomic mass is 19.3. The zero-order valence-corrected chi connectivity index (χ0v) is 17.6. The number of para-hydroxylation sites is 1. The van der Waals surface area contributed by atoms with Crippen LogP contribution in [0, 0.1) is 11.8 Å². The van der Waals surface area contributed by atoms with Gasteiger partial charge in [0, 0.05) is 18.7 Å². The normalized spacial score (nSPS) is 18.6. The van der Waals surface area contributed by atoms with Gasteiger partial charge in [-0.05, 0) is 50.1 Å². The third-order valence-corrected chi connectivity index (χ3v) is 5.48. The number of anilines is 3. The van der Waals surface area contributed by atoms with Gasteiger partial charge in [0.1, 0.15) is 11.4 Å². The summed E-state index contributed by atoms with van der Waals surface area (Å²) < 4.78 is 29.8. The maximum absolute atomic E-state index is 12.6. The van der Waals surface area contributed by atoms with E-state index in [0.29, 0.717) is 34.9 Å². The second kappa shape index (κ2) is 11.6. The Kier molecular flexibility index (Phi) is 8.60. The lowest BCUT2D eigenvalue weighted by Crippen LogP contribution is -2.25. The molecule has 1 aliphatic rings. The van der Waals surface area contributed by atoms with Crippen molar-refractivity contribution in [3.8, 4) is 5.75 Å². The molecular formula is C21H30F2N6O2. The number of aromatic nitrogens is 2. The lowest BCUT2D eigenvalue weighted by atomic mass is 9.82. The number of hydrogen-bond donors (Lipinski definition) is 4. The molecule has 31 heavy (non-hydrogen) atoms. The fourth-order valence-electron chi connectivity index (χ4n) is 3.73. The number of nitrogens with two attached hydrogens (primary N) is 1. The molecule has 1 aromatic carbocycles. The van der Waals surface area contributed by atoms with E-state index in [1.54, 1.807) is 24.4 Å². The molecule has 0 bridgehead atoms. The molecular weight excluding hydrogens is 406 g/mol. The molecule has 5 N–H and O–H groups in total. The summed E-state index contributed by atoms with van der Waals surface area (Å²) in [6.45, 7) is -1.10. The standard InChI is InChI=1S/C21H30F2N6O2/c1-30-29-17-13-27-21(26-12-16-4-2-3-5-18(16)31-20(22)23)28-19(17)25-11-15-8-6-14(10-24)7-9-15/h2-5,13-15,20,29H,6-12,24H2,1H3,(H2,25,26,27,28). The number of halogens is 2. The van der Waals surface area contributed by atoms with E-state index in [4.69, 9.17) is 10.6 Å².